The number of likely N-dealkylation sites (N-methyl/N-ethyl adjacent to an activating group) is 1. The lowest BCUT2D eigenvalue weighted by atomic mass is 10.2. The molecule has 0 aliphatic carbocycles. The number of rotatable bonds is 4. The maximum absolute atomic E-state index is 12.0. The summed E-state index contributed by atoms with van der Waals surface area (Å²) >= 11 is 0. The van der Waals surface area contributed by atoms with Crippen LogP contribution in [0, 0.1) is 0 Å². The van der Waals surface area contributed by atoms with E-state index in [2.05, 4.69) is 10.3 Å². The zero-order valence-electron chi connectivity index (χ0n) is 9.31. The van der Waals surface area contributed by atoms with E-state index in [9.17, 15) is 4.79 Å². The fraction of sp³-hybridized carbons (Fsp3) is 0.333. The number of hydrogen-bond donors (Lipinski definition) is 1. The van der Waals surface area contributed by atoms with E-state index in [1.165, 1.54) is 0 Å². The highest BCUT2D eigenvalue weighted by atomic mass is 16.1. The molecule has 0 spiro atoms. The zero-order valence-corrected chi connectivity index (χ0v) is 9.31. The first-order valence-corrected chi connectivity index (χ1v) is 5.48. The number of benzene rings is 1. The molecule has 84 valence electrons. The van der Waals surface area contributed by atoms with Crippen molar-refractivity contribution in [2.75, 3.05) is 13.1 Å². The molecule has 2 rings (SSSR count). The van der Waals surface area contributed by atoms with Crippen LogP contribution in [0.4, 0.5) is 0 Å². The van der Waals surface area contributed by atoms with Gasteiger partial charge >= 0.3 is 0 Å². The van der Waals surface area contributed by atoms with E-state index in [4.69, 9.17) is 0 Å². The van der Waals surface area contributed by atoms with Gasteiger partial charge in [-0.3, -0.25) is 9.36 Å². The average molecular weight is 217 g/mol. The summed E-state index contributed by atoms with van der Waals surface area (Å²) in [7, 11) is 0. The molecule has 4 heteroatoms. The van der Waals surface area contributed by atoms with E-state index < -0.39 is 0 Å². The summed E-state index contributed by atoms with van der Waals surface area (Å²) in [4.78, 5) is 16.3. The Bertz CT molecular complexity index is 533. The van der Waals surface area contributed by atoms with E-state index in [1.54, 1.807) is 10.9 Å². The third-order valence-electron chi connectivity index (χ3n) is 2.51. The topological polar surface area (TPSA) is 46.9 Å². The predicted octanol–water partition coefficient (Wildman–Crippen LogP) is 1.01. The van der Waals surface area contributed by atoms with Gasteiger partial charge in [0.25, 0.3) is 5.56 Å². The molecule has 0 aliphatic heterocycles. The number of nitrogens with one attached hydrogen (secondary N) is 1. The van der Waals surface area contributed by atoms with Crippen molar-refractivity contribution in [2.45, 2.75) is 13.5 Å². The van der Waals surface area contributed by atoms with Crippen molar-refractivity contribution in [3.63, 3.8) is 0 Å². The van der Waals surface area contributed by atoms with Crippen LogP contribution in [0.3, 0.4) is 0 Å². The molecule has 0 saturated carbocycles. The fourth-order valence-electron chi connectivity index (χ4n) is 1.64. The summed E-state index contributed by atoms with van der Waals surface area (Å²) in [6, 6.07) is 7.41. The van der Waals surface area contributed by atoms with Gasteiger partial charge in [0.15, 0.2) is 0 Å². The smallest absolute Gasteiger partial charge is 0.261 e. The second-order valence-corrected chi connectivity index (χ2v) is 3.61. The van der Waals surface area contributed by atoms with E-state index in [0.717, 1.165) is 18.6 Å². The molecule has 0 fully saturated rings. The van der Waals surface area contributed by atoms with Crippen LogP contribution in [0.2, 0.25) is 0 Å². The van der Waals surface area contributed by atoms with Gasteiger partial charge in [-0.15, -0.1) is 0 Å². The number of aromatic nitrogens is 2. The van der Waals surface area contributed by atoms with Gasteiger partial charge in [-0.1, -0.05) is 19.1 Å². The fourth-order valence-corrected chi connectivity index (χ4v) is 1.64. The highest BCUT2D eigenvalue weighted by Crippen LogP contribution is 2.04. The Labute approximate surface area is 93.9 Å². The first-order chi connectivity index (χ1) is 7.83. The van der Waals surface area contributed by atoms with Gasteiger partial charge in [0.2, 0.25) is 0 Å². The van der Waals surface area contributed by atoms with Crippen LogP contribution in [0.1, 0.15) is 6.92 Å². The molecule has 0 atom stereocenters. The number of hydrogen-bond acceptors (Lipinski definition) is 3. The Hall–Kier alpha value is -1.68. The molecule has 4 nitrogen and oxygen atoms in total. The molecule has 0 saturated heterocycles. The van der Waals surface area contributed by atoms with Gasteiger partial charge in [0.1, 0.15) is 0 Å². The number of nitrogens with zero attached hydrogens (tertiary/aromatic N) is 2. The van der Waals surface area contributed by atoms with E-state index in [-0.39, 0.29) is 5.56 Å². The van der Waals surface area contributed by atoms with Crippen molar-refractivity contribution in [1.82, 2.24) is 14.9 Å². The van der Waals surface area contributed by atoms with E-state index in [1.807, 2.05) is 31.2 Å². The predicted molar refractivity (Wildman–Crippen MR) is 64.5 cm³/mol. The van der Waals surface area contributed by atoms with Gasteiger partial charge in [-0.2, -0.15) is 0 Å². The van der Waals surface area contributed by atoms with Gasteiger partial charge in [-0.25, -0.2) is 4.98 Å². The van der Waals surface area contributed by atoms with Crippen LogP contribution in [0.15, 0.2) is 35.4 Å². The third kappa shape index (κ3) is 2.12. The molecule has 0 amide bonds. The molecule has 0 bridgehead atoms. The lowest BCUT2D eigenvalue weighted by molar-refractivity contribution is 0.595. The molecule has 0 radical (unpaired) electrons. The van der Waals surface area contributed by atoms with Crippen LogP contribution in [0.5, 0.6) is 0 Å². The minimum absolute atomic E-state index is 0.0310. The summed E-state index contributed by atoms with van der Waals surface area (Å²) in [5.74, 6) is 0. The first kappa shape index (κ1) is 10.8. The SMILES string of the molecule is CCNCCn1cnc2ccccc2c1=O. The molecule has 1 heterocycles. The Morgan fingerprint density at radius 1 is 1.38 bits per heavy atom. The highest BCUT2D eigenvalue weighted by molar-refractivity contribution is 5.76. The molecule has 0 aliphatic rings. The first-order valence-electron chi connectivity index (χ1n) is 5.48. The number of para-hydroxylation sites is 1. The summed E-state index contributed by atoms with van der Waals surface area (Å²) in [5.41, 5.74) is 0.788. The van der Waals surface area contributed by atoms with Gasteiger partial charge in [0.05, 0.1) is 17.2 Å². The molecular formula is C12H15N3O. The molecule has 2 aromatic rings. The van der Waals surface area contributed by atoms with Crippen LogP contribution in [0.25, 0.3) is 10.9 Å². The molecule has 1 aromatic heterocycles. The third-order valence-corrected chi connectivity index (χ3v) is 2.51. The van der Waals surface area contributed by atoms with Crippen molar-refractivity contribution >= 4 is 10.9 Å². The normalized spacial score (nSPS) is 10.8. The lowest BCUT2D eigenvalue weighted by Crippen LogP contribution is -2.27. The van der Waals surface area contributed by atoms with E-state index in [0.29, 0.717) is 11.9 Å². The molecule has 1 N–H and O–H groups in total. The Balaban J connectivity index is 2.33. The van der Waals surface area contributed by atoms with Gasteiger partial charge in [0, 0.05) is 13.1 Å². The van der Waals surface area contributed by atoms with Crippen molar-refractivity contribution in [3.8, 4) is 0 Å². The van der Waals surface area contributed by atoms with Crippen molar-refractivity contribution in [1.29, 1.82) is 0 Å². The van der Waals surface area contributed by atoms with Crippen LogP contribution in [-0.2, 0) is 6.54 Å². The van der Waals surface area contributed by atoms with Crippen molar-refractivity contribution < 1.29 is 0 Å². The Morgan fingerprint density at radius 3 is 3.00 bits per heavy atom. The quantitative estimate of drug-likeness (QED) is 0.777. The van der Waals surface area contributed by atoms with Crippen LogP contribution in [-0.4, -0.2) is 22.6 Å². The average Bonchev–Trinajstić information content (AvgIpc) is 2.33. The van der Waals surface area contributed by atoms with Crippen LogP contribution < -0.4 is 10.9 Å². The summed E-state index contributed by atoms with van der Waals surface area (Å²) in [6.45, 7) is 4.40. The summed E-state index contributed by atoms with van der Waals surface area (Å²) < 4.78 is 1.64. The van der Waals surface area contributed by atoms with Crippen molar-refractivity contribution in [2.24, 2.45) is 0 Å². The Kier molecular flexibility index (Phi) is 3.31. The van der Waals surface area contributed by atoms with Gasteiger partial charge in [-0.05, 0) is 18.7 Å². The van der Waals surface area contributed by atoms with Crippen LogP contribution >= 0.6 is 0 Å². The molecule has 0 unspecified atom stereocenters. The standard InChI is InChI=1S/C12H15N3O/c1-2-13-7-8-15-9-14-11-6-4-3-5-10(11)12(15)16/h3-6,9,13H,2,7-8H2,1H3. The summed E-state index contributed by atoms with van der Waals surface area (Å²) in [6.07, 6.45) is 1.61. The maximum Gasteiger partial charge on any atom is 0.261 e. The minimum atomic E-state index is 0.0310. The van der Waals surface area contributed by atoms with Crippen molar-refractivity contribution in [3.05, 3.63) is 40.9 Å². The second kappa shape index (κ2) is 4.90. The summed E-state index contributed by atoms with van der Waals surface area (Å²) in [5, 5.41) is 3.87. The van der Waals surface area contributed by atoms with Gasteiger partial charge < -0.3 is 5.32 Å². The molecule has 1 aromatic carbocycles. The molecular weight excluding hydrogens is 202 g/mol. The molecule has 16 heavy (non-hydrogen) atoms. The zero-order chi connectivity index (χ0) is 11.4. The Morgan fingerprint density at radius 2 is 2.19 bits per heavy atom. The maximum atomic E-state index is 12.0. The lowest BCUT2D eigenvalue weighted by Gasteiger charge is -2.06. The monoisotopic (exact) mass is 217 g/mol. The van der Waals surface area contributed by atoms with E-state index >= 15 is 0 Å². The largest absolute Gasteiger partial charge is 0.315 e. The number of fused-ring (bicyclic) bond motifs is 1. The minimum Gasteiger partial charge on any atom is -0.315 e. The second-order valence-electron chi connectivity index (χ2n) is 3.61. The highest BCUT2D eigenvalue weighted by Gasteiger charge is 2.01.